The summed E-state index contributed by atoms with van der Waals surface area (Å²) in [6.07, 6.45) is 8.09. The lowest BCUT2D eigenvalue weighted by atomic mass is 10.1. The molecule has 4 aromatic rings. The van der Waals surface area contributed by atoms with Crippen molar-refractivity contribution in [2.75, 3.05) is 38.3 Å². The first-order chi connectivity index (χ1) is 17.2. The first kappa shape index (κ1) is 23.0. The van der Waals surface area contributed by atoms with Gasteiger partial charge in [0.25, 0.3) is 0 Å². The van der Waals surface area contributed by atoms with E-state index in [-0.39, 0.29) is 0 Å². The molecule has 0 unspecified atom stereocenters. The van der Waals surface area contributed by atoms with Crippen LogP contribution in [0.5, 0.6) is 0 Å². The third kappa shape index (κ3) is 5.18. The zero-order chi connectivity index (χ0) is 24.0. The second-order valence-electron chi connectivity index (χ2n) is 8.05. The summed E-state index contributed by atoms with van der Waals surface area (Å²) in [5.74, 6) is 2.54. The van der Waals surface area contributed by atoms with Crippen molar-refractivity contribution in [3.05, 3.63) is 89.1 Å². The van der Waals surface area contributed by atoms with E-state index in [1.54, 1.807) is 6.20 Å². The number of hydrogen-bond donors (Lipinski definition) is 1. The molecule has 9 heteroatoms. The highest BCUT2D eigenvalue weighted by Gasteiger charge is 2.20. The van der Waals surface area contributed by atoms with Gasteiger partial charge in [0.2, 0.25) is 11.9 Å². The molecule has 2 aromatic carbocycles. The molecule has 0 spiro atoms. The molecule has 5 rings (SSSR count). The van der Waals surface area contributed by atoms with Crippen LogP contribution in [0.4, 0.5) is 5.95 Å². The lowest BCUT2D eigenvalue weighted by Crippen LogP contribution is -2.37. The van der Waals surface area contributed by atoms with Gasteiger partial charge in [-0.15, -0.1) is 0 Å². The summed E-state index contributed by atoms with van der Waals surface area (Å²) in [4.78, 5) is 21.3. The van der Waals surface area contributed by atoms with Crippen LogP contribution >= 0.6 is 11.6 Å². The van der Waals surface area contributed by atoms with Crippen molar-refractivity contribution in [3.8, 4) is 17.3 Å². The van der Waals surface area contributed by atoms with E-state index < -0.39 is 0 Å². The smallest absolute Gasteiger partial charge is 0.240 e. The number of nitrogens with zero attached hydrogens (tertiary/aromatic N) is 6. The minimum Gasteiger partial charge on any atom is -0.394 e. The van der Waals surface area contributed by atoms with Gasteiger partial charge < -0.3 is 15.0 Å². The maximum Gasteiger partial charge on any atom is 0.240 e. The highest BCUT2D eigenvalue weighted by Crippen LogP contribution is 2.25. The van der Waals surface area contributed by atoms with Gasteiger partial charge in [-0.25, -0.2) is 4.98 Å². The first-order valence-corrected chi connectivity index (χ1v) is 11.9. The largest absolute Gasteiger partial charge is 0.394 e. The van der Waals surface area contributed by atoms with Crippen molar-refractivity contribution in [1.82, 2.24) is 29.8 Å². The fourth-order valence-corrected chi connectivity index (χ4v) is 4.17. The molecule has 1 aliphatic heterocycles. The quantitative estimate of drug-likeness (QED) is 0.422. The second-order valence-corrected chi connectivity index (χ2v) is 8.46. The predicted octanol–water partition coefficient (Wildman–Crippen LogP) is 4.00. The minimum atomic E-state index is 0.517. The Bertz CT molecular complexity index is 1330. The maximum absolute atomic E-state index is 6.42. The molecule has 1 fully saturated rings. The fraction of sp³-hybridized carbons (Fsp3) is 0.231. The van der Waals surface area contributed by atoms with Crippen LogP contribution in [-0.2, 0) is 11.2 Å². The van der Waals surface area contributed by atoms with Gasteiger partial charge in [0.15, 0.2) is 5.82 Å². The predicted molar refractivity (Wildman–Crippen MR) is 138 cm³/mol. The van der Waals surface area contributed by atoms with Crippen molar-refractivity contribution in [2.24, 2.45) is 0 Å². The van der Waals surface area contributed by atoms with E-state index >= 15 is 0 Å². The van der Waals surface area contributed by atoms with Gasteiger partial charge in [0, 0.05) is 49.5 Å². The van der Waals surface area contributed by atoms with E-state index in [4.69, 9.17) is 31.3 Å². The Morgan fingerprint density at radius 3 is 2.60 bits per heavy atom. The topological polar surface area (TPSA) is 81.0 Å². The van der Waals surface area contributed by atoms with Crippen LogP contribution in [0.25, 0.3) is 23.4 Å². The normalized spacial score (nSPS) is 13.9. The number of anilines is 1. The molecule has 8 nitrogen and oxygen atoms in total. The molecule has 0 amide bonds. The molecule has 2 aromatic heterocycles. The van der Waals surface area contributed by atoms with E-state index in [2.05, 4.69) is 15.2 Å². The summed E-state index contributed by atoms with van der Waals surface area (Å²) in [5, 5.41) is 3.75. The third-order valence-electron chi connectivity index (χ3n) is 5.78. The molecule has 178 valence electrons. The highest BCUT2D eigenvalue weighted by molar-refractivity contribution is 6.31. The number of hydrogen-bond acceptors (Lipinski definition) is 7. The average Bonchev–Trinajstić information content (AvgIpc) is 3.37. The third-order valence-corrected chi connectivity index (χ3v) is 6.14. The number of benzene rings is 2. The van der Waals surface area contributed by atoms with Gasteiger partial charge >= 0.3 is 0 Å². The van der Waals surface area contributed by atoms with Gasteiger partial charge in [-0.1, -0.05) is 54.1 Å². The summed E-state index contributed by atoms with van der Waals surface area (Å²) in [5.41, 5.74) is 2.92. The Kier molecular flexibility index (Phi) is 7.02. The van der Waals surface area contributed by atoms with Gasteiger partial charge in [-0.05, 0) is 29.5 Å². The Morgan fingerprint density at radius 1 is 1.00 bits per heavy atom. The molecule has 3 heterocycles. The minimum absolute atomic E-state index is 0.517. The van der Waals surface area contributed by atoms with E-state index in [0.717, 1.165) is 35.6 Å². The summed E-state index contributed by atoms with van der Waals surface area (Å²) < 4.78 is 7.45. The summed E-state index contributed by atoms with van der Waals surface area (Å²) >= 11 is 6.42. The van der Waals surface area contributed by atoms with Crippen molar-refractivity contribution in [3.63, 3.8) is 0 Å². The lowest BCUT2D eigenvalue weighted by molar-refractivity contribution is 0.122. The van der Waals surface area contributed by atoms with Crippen LogP contribution < -0.4 is 10.2 Å². The van der Waals surface area contributed by atoms with Crippen LogP contribution in [0, 0.1) is 0 Å². The summed E-state index contributed by atoms with van der Waals surface area (Å²) in [6.45, 7) is 2.72. The molecule has 1 saturated heterocycles. The first-order valence-electron chi connectivity index (χ1n) is 11.5. The molecule has 0 aliphatic carbocycles. The van der Waals surface area contributed by atoms with Crippen molar-refractivity contribution in [2.45, 2.75) is 6.42 Å². The van der Waals surface area contributed by atoms with Crippen LogP contribution in [0.15, 0.2) is 67.1 Å². The Labute approximate surface area is 209 Å². The number of imidazole rings is 1. The van der Waals surface area contributed by atoms with E-state index in [0.29, 0.717) is 42.4 Å². The molecule has 1 aliphatic rings. The molecule has 0 radical (unpaired) electrons. The zero-order valence-corrected chi connectivity index (χ0v) is 20.2. The number of rotatable bonds is 7. The van der Waals surface area contributed by atoms with Crippen molar-refractivity contribution in [1.29, 1.82) is 0 Å². The van der Waals surface area contributed by atoms with Crippen LogP contribution in [-0.4, -0.2) is 57.9 Å². The number of nitrogens with one attached hydrogen (secondary N) is 1. The highest BCUT2D eigenvalue weighted by atomic mass is 35.5. The van der Waals surface area contributed by atoms with Crippen LogP contribution in [0.2, 0.25) is 5.02 Å². The summed E-state index contributed by atoms with van der Waals surface area (Å²) in [6, 6.07) is 15.8. The van der Waals surface area contributed by atoms with Crippen LogP contribution in [0.3, 0.4) is 0 Å². The Hall–Kier alpha value is -3.75. The van der Waals surface area contributed by atoms with Gasteiger partial charge in [0.05, 0.1) is 13.2 Å². The molecule has 0 atom stereocenters. The Morgan fingerprint density at radius 2 is 1.77 bits per heavy atom. The van der Waals surface area contributed by atoms with Gasteiger partial charge in [-0.3, -0.25) is 4.57 Å². The number of ether oxygens (including phenoxy) is 1. The molecular weight excluding hydrogens is 462 g/mol. The average molecular weight is 488 g/mol. The summed E-state index contributed by atoms with van der Waals surface area (Å²) in [7, 11) is 1.87. The second kappa shape index (κ2) is 10.7. The zero-order valence-electron chi connectivity index (χ0n) is 19.4. The molecule has 0 bridgehead atoms. The molecule has 1 N–H and O–H groups in total. The van der Waals surface area contributed by atoms with Gasteiger partial charge in [0.1, 0.15) is 5.82 Å². The molecule has 35 heavy (non-hydrogen) atoms. The number of aromatic nitrogens is 5. The monoisotopic (exact) mass is 487 g/mol. The van der Waals surface area contributed by atoms with Crippen molar-refractivity contribution < 1.29 is 4.74 Å². The van der Waals surface area contributed by atoms with E-state index in [9.17, 15) is 0 Å². The standard InChI is InChI=1S/C26H26ClN7O/c1-28-11-10-19-6-2-4-8-21(19)24-30-25(33-14-16-35-17-15-33)32-26(31-24)34-13-12-29-23(34)18-20-7-3-5-9-22(20)27/h2-13,28H,14-18H2,1H3/b11-10-. The Balaban J connectivity index is 1.61. The fourth-order valence-electron chi connectivity index (χ4n) is 3.97. The van der Waals surface area contributed by atoms with Crippen LogP contribution in [0.1, 0.15) is 17.0 Å². The van der Waals surface area contributed by atoms with E-state index in [1.807, 2.05) is 78.6 Å². The van der Waals surface area contributed by atoms with Gasteiger partial charge in [-0.2, -0.15) is 15.0 Å². The van der Waals surface area contributed by atoms with E-state index in [1.165, 1.54) is 0 Å². The number of halogens is 1. The molecular formula is C26H26ClN7O. The lowest BCUT2D eigenvalue weighted by Gasteiger charge is -2.27. The molecule has 0 saturated carbocycles. The SMILES string of the molecule is CN/C=C\c1ccccc1-c1nc(N2CCOCC2)nc(-n2ccnc2Cc2ccccc2Cl)n1. The van der Waals surface area contributed by atoms with Crippen molar-refractivity contribution >= 4 is 23.6 Å². The number of morpholine rings is 1. The maximum atomic E-state index is 6.42.